The van der Waals surface area contributed by atoms with Crippen LogP contribution in [0.15, 0.2) is 65.6 Å². The SMILES string of the molecule is Cc1cc(S(=O)(=O)Nc2ccc(Cl)cc2)ccc1OCC(=O)Nc1ccc(Cl)cc1Cl. The molecule has 3 aromatic rings. The van der Waals surface area contributed by atoms with Gasteiger partial charge in [0.15, 0.2) is 6.61 Å². The monoisotopic (exact) mass is 498 g/mol. The lowest BCUT2D eigenvalue weighted by atomic mass is 10.2. The summed E-state index contributed by atoms with van der Waals surface area (Å²) in [4.78, 5) is 12.2. The first-order chi connectivity index (χ1) is 14.6. The van der Waals surface area contributed by atoms with E-state index in [-0.39, 0.29) is 11.5 Å². The molecule has 2 N–H and O–H groups in total. The Bertz CT molecular complexity index is 1220. The molecule has 0 aliphatic carbocycles. The lowest BCUT2D eigenvalue weighted by molar-refractivity contribution is -0.118. The number of hydrogen-bond acceptors (Lipinski definition) is 4. The van der Waals surface area contributed by atoms with Crippen LogP contribution in [0, 0.1) is 6.92 Å². The zero-order chi connectivity index (χ0) is 22.6. The molecule has 0 unspecified atom stereocenters. The topological polar surface area (TPSA) is 84.5 Å². The van der Waals surface area contributed by atoms with E-state index in [4.69, 9.17) is 39.5 Å². The summed E-state index contributed by atoms with van der Waals surface area (Å²) in [6, 6.07) is 15.4. The second-order valence-electron chi connectivity index (χ2n) is 6.50. The third-order valence-electron chi connectivity index (χ3n) is 4.12. The Labute approximate surface area is 195 Å². The van der Waals surface area contributed by atoms with Gasteiger partial charge in [0, 0.05) is 15.7 Å². The molecule has 0 atom stereocenters. The van der Waals surface area contributed by atoms with Crippen molar-refractivity contribution in [2.45, 2.75) is 11.8 Å². The lowest BCUT2D eigenvalue weighted by Crippen LogP contribution is -2.20. The smallest absolute Gasteiger partial charge is 0.262 e. The van der Waals surface area contributed by atoms with Gasteiger partial charge in [-0.15, -0.1) is 0 Å². The van der Waals surface area contributed by atoms with Gasteiger partial charge in [0.25, 0.3) is 15.9 Å². The van der Waals surface area contributed by atoms with E-state index in [9.17, 15) is 13.2 Å². The molecule has 31 heavy (non-hydrogen) atoms. The normalized spacial score (nSPS) is 11.1. The van der Waals surface area contributed by atoms with Crippen molar-refractivity contribution in [2.75, 3.05) is 16.6 Å². The molecule has 0 bridgehead atoms. The number of nitrogens with one attached hydrogen (secondary N) is 2. The van der Waals surface area contributed by atoms with Crippen LogP contribution in [-0.4, -0.2) is 20.9 Å². The van der Waals surface area contributed by atoms with E-state index < -0.39 is 15.9 Å². The fourth-order valence-electron chi connectivity index (χ4n) is 2.60. The minimum absolute atomic E-state index is 0.0599. The molecule has 3 rings (SSSR count). The van der Waals surface area contributed by atoms with E-state index in [0.717, 1.165) is 0 Å². The van der Waals surface area contributed by atoms with Crippen LogP contribution >= 0.6 is 34.8 Å². The predicted molar refractivity (Wildman–Crippen MR) is 124 cm³/mol. The number of carbonyl (C=O) groups is 1. The molecular formula is C21H17Cl3N2O4S. The highest BCUT2D eigenvalue weighted by molar-refractivity contribution is 7.92. The zero-order valence-corrected chi connectivity index (χ0v) is 19.2. The van der Waals surface area contributed by atoms with Crippen molar-refractivity contribution in [1.29, 1.82) is 0 Å². The van der Waals surface area contributed by atoms with Gasteiger partial charge in [-0.3, -0.25) is 9.52 Å². The zero-order valence-electron chi connectivity index (χ0n) is 16.2. The highest BCUT2D eigenvalue weighted by Gasteiger charge is 2.16. The van der Waals surface area contributed by atoms with Crippen molar-refractivity contribution in [3.05, 3.63) is 81.3 Å². The summed E-state index contributed by atoms with van der Waals surface area (Å²) in [5.41, 5.74) is 1.35. The summed E-state index contributed by atoms with van der Waals surface area (Å²) in [6.45, 7) is 1.40. The maximum Gasteiger partial charge on any atom is 0.262 e. The number of carbonyl (C=O) groups excluding carboxylic acids is 1. The van der Waals surface area contributed by atoms with Gasteiger partial charge < -0.3 is 10.1 Å². The molecule has 0 radical (unpaired) electrons. The summed E-state index contributed by atoms with van der Waals surface area (Å²) in [5.74, 6) is -0.0486. The molecular weight excluding hydrogens is 483 g/mol. The van der Waals surface area contributed by atoms with Crippen LogP contribution in [0.2, 0.25) is 15.1 Å². The Morgan fingerprint density at radius 3 is 2.26 bits per heavy atom. The molecule has 0 fully saturated rings. The van der Waals surface area contributed by atoms with Gasteiger partial charge in [-0.2, -0.15) is 0 Å². The van der Waals surface area contributed by atoms with Gasteiger partial charge in [-0.25, -0.2) is 8.42 Å². The van der Waals surface area contributed by atoms with Crippen molar-refractivity contribution in [3.8, 4) is 5.75 Å². The second-order valence-corrected chi connectivity index (χ2v) is 9.46. The van der Waals surface area contributed by atoms with Crippen molar-refractivity contribution in [3.63, 3.8) is 0 Å². The van der Waals surface area contributed by atoms with E-state index in [1.807, 2.05) is 0 Å². The van der Waals surface area contributed by atoms with E-state index in [1.54, 1.807) is 43.3 Å². The first-order valence-corrected chi connectivity index (χ1v) is 11.5. The summed E-state index contributed by atoms with van der Waals surface area (Å²) < 4.78 is 33.2. The van der Waals surface area contributed by atoms with Gasteiger partial charge in [-0.1, -0.05) is 34.8 Å². The second kappa shape index (κ2) is 9.78. The number of amides is 1. The molecule has 0 aliphatic rings. The Hall–Kier alpha value is -2.45. The number of anilines is 2. The average Bonchev–Trinajstić information content (AvgIpc) is 2.70. The van der Waals surface area contributed by atoms with E-state index in [0.29, 0.717) is 37.8 Å². The number of benzene rings is 3. The summed E-state index contributed by atoms with van der Waals surface area (Å²) in [5, 5.41) is 3.89. The van der Waals surface area contributed by atoms with E-state index >= 15 is 0 Å². The third kappa shape index (κ3) is 6.27. The van der Waals surface area contributed by atoms with Crippen LogP contribution in [0.3, 0.4) is 0 Å². The molecule has 1 amide bonds. The average molecular weight is 500 g/mol. The summed E-state index contributed by atoms with van der Waals surface area (Å²) >= 11 is 17.7. The lowest BCUT2D eigenvalue weighted by Gasteiger charge is -2.13. The van der Waals surface area contributed by atoms with Crippen LogP contribution in [-0.2, 0) is 14.8 Å². The predicted octanol–water partition coefficient (Wildman–Crippen LogP) is 5.77. The van der Waals surface area contributed by atoms with E-state index in [2.05, 4.69) is 10.0 Å². The highest BCUT2D eigenvalue weighted by Crippen LogP contribution is 2.26. The fourth-order valence-corrected chi connectivity index (χ4v) is 4.33. The van der Waals surface area contributed by atoms with Crippen LogP contribution in [0.25, 0.3) is 0 Å². The molecule has 10 heteroatoms. The van der Waals surface area contributed by atoms with Crippen LogP contribution in [0.4, 0.5) is 11.4 Å². The Balaban J connectivity index is 1.64. The highest BCUT2D eigenvalue weighted by atomic mass is 35.5. The molecule has 3 aromatic carbocycles. The van der Waals surface area contributed by atoms with Crippen molar-refractivity contribution >= 4 is 62.1 Å². The number of rotatable bonds is 7. The van der Waals surface area contributed by atoms with Crippen LogP contribution < -0.4 is 14.8 Å². The molecule has 0 spiro atoms. The minimum atomic E-state index is -3.80. The molecule has 0 saturated carbocycles. The van der Waals surface area contributed by atoms with Gasteiger partial charge in [0.1, 0.15) is 5.75 Å². The number of hydrogen-bond donors (Lipinski definition) is 2. The van der Waals surface area contributed by atoms with Crippen LogP contribution in [0.1, 0.15) is 5.56 Å². The van der Waals surface area contributed by atoms with Crippen molar-refractivity contribution in [2.24, 2.45) is 0 Å². The Morgan fingerprint density at radius 1 is 0.935 bits per heavy atom. The third-order valence-corrected chi connectivity index (χ3v) is 6.30. The van der Waals surface area contributed by atoms with Crippen LogP contribution in [0.5, 0.6) is 5.75 Å². The van der Waals surface area contributed by atoms with Crippen molar-refractivity contribution in [1.82, 2.24) is 0 Å². The summed E-state index contributed by atoms with van der Waals surface area (Å²) in [6.07, 6.45) is 0. The molecule has 0 aliphatic heterocycles. The minimum Gasteiger partial charge on any atom is -0.483 e. The summed E-state index contributed by atoms with van der Waals surface area (Å²) in [7, 11) is -3.80. The molecule has 162 valence electrons. The van der Waals surface area contributed by atoms with Gasteiger partial charge in [-0.05, 0) is 73.2 Å². The van der Waals surface area contributed by atoms with Crippen molar-refractivity contribution < 1.29 is 17.9 Å². The number of ether oxygens (including phenoxy) is 1. The molecule has 0 aromatic heterocycles. The maximum absolute atomic E-state index is 12.6. The molecule has 0 saturated heterocycles. The van der Waals surface area contributed by atoms with E-state index in [1.165, 1.54) is 24.3 Å². The quantitative estimate of drug-likeness (QED) is 0.432. The number of sulfonamides is 1. The van der Waals surface area contributed by atoms with Gasteiger partial charge in [0.2, 0.25) is 0 Å². The Kier molecular flexibility index (Phi) is 7.33. The maximum atomic E-state index is 12.6. The number of halogens is 3. The Morgan fingerprint density at radius 2 is 1.61 bits per heavy atom. The van der Waals surface area contributed by atoms with Gasteiger partial charge in [0.05, 0.1) is 15.6 Å². The standard InChI is InChI=1S/C21H17Cl3N2O4S/c1-13-10-17(31(28,29)26-16-5-2-14(22)3-6-16)7-9-20(13)30-12-21(27)25-19-8-4-15(23)11-18(19)24/h2-11,26H,12H2,1H3,(H,25,27). The largest absolute Gasteiger partial charge is 0.483 e. The first kappa shape index (κ1) is 23.2. The first-order valence-electron chi connectivity index (χ1n) is 8.91. The molecule has 6 nitrogen and oxygen atoms in total. The fraction of sp³-hybridized carbons (Fsp3) is 0.0952. The molecule has 0 heterocycles. The van der Waals surface area contributed by atoms with Gasteiger partial charge >= 0.3 is 0 Å². The number of aryl methyl sites for hydroxylation is 1.